The zero-order valence-corrected chi connectivity index (χ0v) is 13.9. The van der Waals surface area contributed by atoms with E-state index in [0.29, 0.717) is 0 Å². The van der Waals surface area contributed by atoms with Crippen LogP contribution >= 0.6 is 0 Å². The van der Waals surface area contributed by atoms with Gasteiger partial charge in [0.25, 0.3) is 5.91 Å². The molecule has 1 fully saturated rings. The number of esters is 1. The molecule has 0 aliphatic heterocycles. The number of ether oxygens (including phenoxy) is 1. The maximum atomic E-state index is 12.0. The highest BCUT2D eigenvalue weighted by Crippen LogP contribution is 2.19. The Morgan fingerprint density at radius 1 is 1.33 bits per heavy atom. The molecule has 1 aliphatic carbocycles. The number of carbonyl (C=O) groups is 2. The average Bonchev–Trinajstić information content (AvgIpc) is 3.37. The maximum absolute atomic E-state index is 12.0. The van der Waals surface area contributed by atoms with Gasteiger partial charge >= 0.3 is 5.97 Å². The molecule has 0 saturated heterocycles. The van der Waals surface area contributed by atoms with Crippen LogP contribution in [0.15, 0.2) is 29.2 Å². The zero-order chi connectivity index (χ0) is 17.7. The predicted octanol–water partition coefficient (Wildman–Crippen LogP) is 0.422. The third kappa shape index (κ3) is 4.81. The van der Waals surface area contributed by atoms with Gasteiger partial charge < -0.3 is 10.1 Å². The van der Waals surface area contributed by atoms with Gasteiger partial charge in [0.15, 0.2) is 6.10 Å². The SMILES string of the molecule is C#CCNS(=O)(=O)c1ccc(C(=O)OC(C)C(=O)NC2CC2)cc1. The minimum Gasteiger partial charge on any atom is -0.449 e. The van der Waals surface area contributed by atoms with Crippen molar-refractivity contribution in [2.45, 2.75) is 36.8 Å². The highest BCUT2D eigenvalue weighted by atomic mass is 32.2. The molecule has 2 N–H and O–H groups in total. The van der Waals surface area contributed by atoms with E-state index in [1.165, 1.54) is 31.2 Å². The van der Waals surface area contributed by atoms with Gasteiger partial charge in [0.2, 0.25) is 10.0 Å². The van der Waals surface area contributed by atoms with E-state index in [-0.39, 0.29) is 29.0 Å². The summed E-state index contributed by atoms with van der Waals surface area (Å²) in [5.74, 6) is 1.13. The van der Waals surface area contributed by atoms with Crippen molar-refractivity contribution in [2.24, 2.45) is 0 Å². The molecule has 1 unspecified atom stereocenters. The van der Waals surface area contributed by atoms with Crippen molar-refractivity contribution in [3.05, 3.63) is 29.8 Å². The fourth-order valence-electron chi connectivity index (χ4n) is 1.82. The molecule has 0 aromatic heterocycles. The summed E-state index contributed by atoms with van der Waals surface area (Å²) in [6.45, 7) is 1.36. The van der Waals surface area contributed by atoms with E-state index < -0.39 is 22.1 Å². The smallest absolute Gasteiger partial charge is 0.338 e. The van der Waals surface area contributed by atoms with Crippen LogP contribution in [-0.2, 0) is 19.6 Å². The minimum atomic E-state index is -3.72. The zero-order valence-electron chi connectivity index (χ0n) is 13.1. The van der Waals surface area contributed by atoms with E-state index >= 15 is 0 Å². The van der Waals surface area contributed by atoms with Gasteiger partial charge in [-0.05, 0) is 44.0 Å². The molecule has 1 aromatic carbocycles. The number of sulfonamides is 1. The first-order valence-electron chi connectivity index (χ1n) is 7.38. The van der Waals surface area contributed by atoms with Gasteiger partial charge in [-0.15, -0.1) is 6.42 Å². The average molecular weight is 350 g/mol. The van der Waals surface area contributed by atoms with Gasteiger partial charge in [-0.2, -0.15) is 4.72 Å². The molecule has 0 radical (unpaired) electrons. The molecule has 7 nitrogen and oxygen atoms in total. The fraction of sp³-hybridized carbons (Fsp3) is 0.375. The molecule has 0 bridgehead atoms. The van der Waals surface area contributed by atoms with Crippen LogP contribution in [0.25, 0.3) is 0 Å². The van der Waals surface area contributed by atoms with E-state index in [2.05, 4.69) is 16.0 Å². The molecular weight excluding hydrogens is 332 g/mol. The Labute approximate surface area is 140 Å². The molecule has 1 aromatic rings. The topological polar surface area (TPSA) is 102 Å². The Morgan fingerprint density at radius 2 is 1.96 bits per heavy atom. The summed E-state index contributed by atoms with van der Waals surface area (Å²) in [6.07, 6.45) is 5.97. The van der Waals surface area contributed by atoms with Gasteiger partial charge in [-0.25, -0.2) is 13.2 Å². The Morgan fingerprint density at radius 3 is 2.50 bits per heavy atom. The summed E-state index contributed by atoms with van der Waals surface area (Å²) < 4.78 is 31.0. The second-order valence-corrected chi connectivity index (χ2v) is 7.15. The standard InChI is InChI=1S/C16H18N2O5S/c1-3-10-17-24(21,22)14-8-4-12(5-9-14)16(20)23-11(2)15(19)18-13-6-7-13/h1,4-5,8-9,11,13,17H,6-7,10H2,2H3,(H,18,19). The Bertz CT molecular complexity index is 761. The summed E-state index contributed by atoms with van der Waals surface area (Å²) in [5, 5.41) is 2.74. The molecule has 0 heterocycles. The lowest BCUT2D eigenvalue weighted by atomic mass is 10.2. The number of amides is 1. The van der Waals surface area contributed by atoms with Crippen LogP contribution in [0.5, 0.6) is 0 Å². The Balaban J connectivity index is 1.98. The molecule has 1 saturated carbocycles. The van der Waals surface area contributed by atoms with Crippen molar-refractivity contribution in [1.82, 2.24) is 10.0 Å². The van der Waals surface area contributed by atoms with Crippen LogP contribution in [0.2, 0.25) is 0 Å². The lowest BCUT2D eigenvalue weighted by molar-refractivity contribution is -0.129. The van der Waals surface area contributed by atoms with Crippen LogP contribution in [0.4, 0.5) is 0 Å². The van der Waals surface area contributed by atoms with Crippen LogP contribution in [-0.4, -0.2) is 39.0 Å². The number of hydrogen-bond acceptors (Lipinski definition) is 5. The van der Waals surface area contributed by atoms with Crippen molar-refractivity contribution in [3.8, 4) is 12.3 Å². The van der Waals surface area contributed by atoms with Gasteiger partial charge in [-0.3, -0.25) is 4.79 Å². The number of rotatable bonds is 7. The summed E-state index contributed by atoms with van der Waals surface area (Å²) in [5.41, 5.74) is 0.150. The first-order chi connectivity index (χ1) is 11.3. The van der Waals surface area contributed by atoms with Crippen LogP contribution in [0.3, 0.4) is 0 Å². The van der Waals surface area contributed by atoms with E-state index in [9.17, 15) is 18.0 Å². The van der Waals surface area contributed by atoms with Gasteiger partial charge in [0.05, 0.1) is 17.0 Å². The molecule has 128 valence electrons. The van der Waals surface area contributed by atoms with E-state index in [0.717, 1.165) is 12.8 Å². The second-order valence-electron chi connectivity index (χ2n) is 5.38. The van der Waals surface area contributed by atoms with Crippen molar-refractivity contribution in [1.29, 1.82) is 0 Å². The Hall–Kier alpha value is -2.37. The highest BCUT2D eigenvalue weighted by molar-refractivity contribution is 7.89. The fourth-order valence-corrected chi connectivity index (χ4v) is 2.75. The lowest BCUT2D eigenvalue weighted by Gasteiger charge is -2.13. The summed E-state index contributed by atoms with van der Waals surface area (Å²) in [6, 6.07) is 5.35. The molecule has 1 atom stereocenters. The number of benzene rings is 1. The molecule has 8 heteroatoms. The van der Waals surface area contributed by atoms with Crippen LogP contribution < -0.4 is 10.0 Å². The van der Waals surface area contributed by atoms with Crippen molar-refractivity contribution >= 4 is 21.9 Å². The molecule has 0 spiro atoms. The predicted molar refractivity (Wildman–Crippen MR) is 86.5 cm³/mol. The summed E-state index contributed by atoms with van der Waals surface area (Å²) in [4.78, 5) is 23.7. The second kappa shape index (κ2) is 7.47. The molecule has 1 amide bonds. The van der Waals surface area contributed by atoms with Crippen LogP contribution in [0, 0.1) is 12.3 Å². The summed E-state index contributed by atoms with van der Waals surface area (Å²) >= 11 is 0. The summed E-state index contributed by atoms with van der Waals surface area (Å²) in [7, 11) is -3.72. The van der Waals surface area contributed by atoms with Gasteiger partial charge in [0, 0.05) is 6.04 Å². The number of hydrogen-bond donors (Lipinski definition) is 2. The molecule has 24 heavy (non-hydrogen) atoms. The van der Waals surface area contributed by atoms with E-state index in [1.807, 2.05) is 0 Å². The number of carbonyl (C=O) groups excluding carboxylic acids is 2. The third-order valence-electron chi connectivity index (χ3n) is 3.34. The maximum Gasteiger partial charge on any atom is 0.338 e. The normalized spacial score (nSPS) is 15.2. The third-order valence-corrected chi connectivity index (χ3v) is 4.76. The molecular formula is C16H18N2O5S. The molecule has 2 rings (SSSR count). The highest BCUT2D eigenvalue weighted by Gasteiger charge is 2.27. The number of terminal acetylenes is 1. The first kappa shape index (κ1) is 18.0. The van der Waals surface area contributed by atoms with Crippen molar-refractivity contribution in [2.75, 3.05) is 6.54 Å². The first-order valence-corrected chi connectivity index (χ1v) is 8.86. The van der Waals surface area contributed by atoms with E-state index in [1.54, 1.807) is 0 Å². The Kier molecular flexibility index (Phi) is 5.59. The number of nitrogens with one attached hydrogen (secondary N) is 2. The van der Waals surface area contributed by atoms with Gasteiger partial charge in [0.1, 0.15) is 0 Å². The monoisotopic (exact) mass is 350 g/mol. The quantitative estimate of drug-likeness (QED) is 0.548. The largest absolute Gasteiger partial charge is 0.449 e. The van der Waals surface area contributed by atoms with Gasteiger partial charge in [-0.1, -0.05) is 5.92 Å². The van der Waals surface area contributed by atoms with Crippen LogP contribution in [0.1, 0.15) is 30.1 Å². The lowest BCUT2D eigenvalue weighted by Crippen LogP contribution is -2.37. The van der Waals surface area contributed by atoms with E-state index in [4.69, 9.17) is 11.2 Å². The minimum absolute atomic E-state index is 0.0196. The molecule has 1 aliphatic rings. The van der Waals surface area contributed by atoms with Crippen molar-refractivity contribution < 1.29 is 22.7 Å². The van der Waals surface area contributed by atoms with Crippen molar-refractivity contribution in [3.63, 3.8) is 0 Å².